The normalized spacial score (nSPS) is 11.7. The van der Waals surface area contributed by atoms with Crippen molar-refractivity contribution in [3.8, 4) is 11.1 Å². The number of hydrogen-bond donors (Lipinski definition) is 0. The Kier molecular flexibility index (Phi) is 8.55. The summed E-state index contributed by atoms with van der Waals surface area (Å²) in [7, 11) is 0. The highest BCUT2D eigenvalue weighted by Crippen LogP contribution is 2.49. The van der Waals surface area contributed by atoms with Gasteiger partial charge in [-0.05, 0) is 106 Å². The van der Waals surface area contributed by atoms with E-state index in [0.717, 1.165) is 38.7 Å². The second-order valence-electron chi connectivity index (χ2n) is 12.3. The molecule has 0 aliphatic carbocycles. The number of nitrogens with zero attached hydrogens (tertiary/aromatic N) is 1. The third kappa shape index (κ3) is 5.64. The molecule has 6 aromatic carbocycles. The van der Waals surface area contributed by atoms with Gasteiger partial charge in [0, 0.05) is 31.1 Å². The number of anilines is 3. The van der Waals surface area contributed by atoms with Crippen molar-refractivity contribution >= 4 is 76.0 Å². The van der Waals surface area contributed by atoms with Crippen LogP contribution in [0, 0.1) is 0 Å². The minimum atomic E-state index is 0.0323. The average Bonchev–Trinajstić information content (AvgIpc) is 3.02. The van der Waals surface area contributed by atoms with Crippen LogP contribution in [0.1, 0.15) is 51.7 Å². The molecule has 0 spiro atoms. The van der Waals surface area contributed by atoms with E-state index in [1.807, 2.05) is 0 Å². The van der Waals surface area contributed by atoms with Crippen molar-refractivity contribution in [3.63, 3.8) is 0 Å². The Balaban J connectivity index is 1.71. The molecule has 0 aliphatic heterocycles. The van der Waals surface area contributed by atoms with Crippen molar-refractivity contribution < 1.29 is 0 Å². The van der Waals surface area contributed by atoms with E-state index in [2.05, 4.69) is 186 Å². The molecular formula is C41H37Br2N. The van der Waals surface area contributed by atoms with Gasteiger partial charge in [-0.1, -0.05) is 132 Å². The number of benzene rings is 6. The van der Waals surface area contributed by atoms with Gasteiger partial charge in [0.2, 0.25) is 0 Å². The van der Waals surface area contributed by atoms with Crippen molar-refractivity contribution in [1.29, 1.82) is 0 Å². The number of halogens is 2. The van der Waals surface area contributed by atoms with E-state index in [1.54, 1.807) is 0 Å². The molecule has 0 saturated carbocycles. The van der Waals surface area contributed by atoms with E-state index >= 15 is 0 Å². The van der Waals surface area contributed by atoms with Crippen LogP contribution in [0.5, 0.6) is 0 Å². The van der Waals surface area contributed by atoms with Crippen molar-refractivity contribution in [2.75, 3.05) is 4.90 Å². The summed E-state index contributed by atoms with van der Waals surface area (Å²) in [4.78, 5) is 2.40. The van der Waals surface area contributed by atoms with Gasteiger partial charge in [-0.15, -0.1) is 0 Å². The molecule has 0 bridgehead atoms. The summed E-state index contributed by atoms with van der Waals surface area (Å²) in [5.41, 5.74) is 9.67. The molecular weight excluding hydrogens is 666 g/mol. The van der Waals surface area contributed by atoms with E-state index in [9.17, 15) is 0 Å². The summed E-state index contributed by atoms with van der Waals surface area (Å²) < 4.78 is 2.11. The molecule has 6 aromatic rings. The standard InChI is InChI=1S/C41H37Br2N/c1-6-25-41(4,5)38-26-28(15-24-33(38)27(2)3)39-34-11-7-9-13-36(34)40(37-14-10-8-12-35(37)39)44(31-20-16-29(42)17-21-31)32-22-18-30(43)19-23-32/h7-24,26H,2,6,25H2,1,3-5H3. The Labute approximate surface area is 278 Å². The Morgan fingerprint density at radius 1 is 0.682 bits per heavy atom. The monoisotopic (exact) mass is 701 g/mol. The molecule has 1 nitrogen and oxygen atoms in total. The SMILES string of the molecule is C=C(C)c1ccc(-c2c3ccccc3c(N(c3ccc(Br)cc3)c3ccc(Br)cc3)c3ccccc23)cc1C(C)(C)CCC. The van der Waals surface area contributed by atoms with Crippen LogP contribution in [-0.2, 0) is 5.41 Å². The zero-order valence-electron chi connectivity index (χ0n) is 25.8. The largest absolute Gasteiger partial charge is 0.309 e. The number of fused-ring (bicyclic) bond motifs is 2. The first kappa shape index (κ1) is 30.4. The van der Waals surface area contributed by atoms with E-state index < -0.39 is 0 Å². The van der Waals surface area contributed by atoms with Crippen LogP contribution in [0.4, 0.5) is 17.1 Å². The first-order valence-corrected chi connectivity index (χ1v) is 16.8. The zero-order chi connectivity index (χ0) is 31.0. The fourth-order valence-electron chi connectivity index (χ4n) is 6.64. The molecule has 0 amide bonds. The molecule has 6 rings (SSSR count). The molecule has 0 fully saturated rings. The van der Waals surface area contributed by atoms with Gasteiger partial charge >= 0.3 is 0 Å². The fraction of sp³-hybridized carbons (Fsp3) is 0.171. The van der Waals surface area contributed by atoms with Crippen molar-refractivity contribution in [2.45, 2.75) is 46.0 Å². The average molecular weight is 704 g/mol. The van der Waals surface area contributed by atoms with Gasteiger partial charge in [0.25, 0.3) is 0 Å². The van der Waals surface area contributed by atoms with E-state index in [0.29, 0.717) is 0 Å². The summed E-state index contributed by atoms with van der Waals surface area (Å²) in [6, 6.07) is 42.0. The molecule has 0 aromatic heterocycles. The third-order valence-electron chi connectivity index (χ3n) is 8.67. The minimum Gasteiger partial charge on any atom is -0.309 e. The first-order chi connectivity index (χ1) is 21.2. The second kappa shape index (κ2) is 12.4. The lowest BCUT2D eigenvalue weighted by Crippen LogP contribution is -2.18. The highest BCUT2D eigenvalue weighted by molar-refractivity contribution is 9.10. The van der Waals surface area contributed by atoms with Crippen LogP contribution in [0.25, 0.3) is 38.2 Å². The van der Waals surface area contributed by atoms with Crippen LogP contribution in [-0.4, -0.2) is 0 Å². The van der Waals surface area contributed by atoms with Crippen LogP contribution in [0.15, 0.2) is 131 Å². The summed E-state index contributed by atoms with van der Waals surface area (Å²) in [5.74, 6) is 0. The Bertz CT molecular complexity index is 1880. The Morgan fingerprint density at radius 2 is 1.16 bits per heavy atom. The van der Waals surface area contributed by atoms with Crippen molar-refractivity contribution in [1.82, 2.24) is 0 Å². The summed E-state index contributed by atoms with van der Waals surface area (Å²) in [5, 5.41) is 4.90. The van der Waals surface area contributed by atoms with Gasteiger partial charge in [0.1, 0.15) is 0 Å². The van der Waals surface area contributed by atoms with Gasteiger partial charge in [-0.2, -0.15) is 0 Å². The number of hydrogen-bond acceptors (Lipinski definition) is 1. The maximum absolute atomic E-state index is 4.35. The number of rotatable bonds is 8. The molecule has 0 unspecified atom stereocenters. The third-order valence-corrected chi connectivity index (χ3v) is 9.73. The Morgan fingerprint density at radius 3 is 1.61 bits per heavy atom. The maximum Gasteiger partial charge on any atom is 0.0618 e. The smallest absolute Gasteiger partial charge is 0.0618 e. The van der Waals surface area contributed by atoms with Crippen molar-refractivity contribution in [3.05, 3.63) is 142 Å². The van der Waals surface area contributed by atoms with Crippen LogP contribution in [0.2, 0.25) is 0 Å². The van der Waals surface area contributed by atoms with Crippen LogP contribution in [0.3, 0.4) is 0 Å². The van der Waals surface area contributed by atoms with E-state index in [-0.39, 0.29) is 5.41 Å². The fourth-order valence-corrected chi connectivity index (χ4v) is 7.17. The quantitative estimate of drug-likeness (QED) is 0.143. The zero-order valence-corrected chi connectivity index (χ0v) is 29.0. The lowest BCUT2D eigenvalue weighted by molar-refractivity contribution is 0.472. The molecule has 3 heteroatoms. The molecule has 220 valence electrons. The predicted molar refractivity (Wildman–Crippen MR) is 200 cm³/mol. The van der Waals surface area contributed by atoms with Gasteiger partial charge in [0.15, 0.2) is 0 Å². The minimum absolute atomic E-state index is 0.0323. The van der Waals surface area contributed by atoms with Gasteiger partial charge in [-0.25, -0.2) is 0 Å². The highest BCUT2D eigenvalue weighted by Gasteiger charge is 2.26. The van der Waals surface area contributed by atoms with Gasteiger partial charge < -0.3 is 4.90 Å². The molecule has 0 N–H and O–H groups in total. The van der Waals surface area contributed by atoms with Gasteiger partial charge in [-0.3, -0.25) is 0 Å². The van der Waals surface area contributed by atoms with E-state index in [1.165, 1.54) is 49.5 Å². The summed E-state index contributed by atoms with van der Waals surface area (Å²) in [6.45, 7) is 13.5. The molecule has 0 saturated heterocycles. The first-order valence-electron chi connectivity index (χ1n) is 15.2. The second-order valence-corrected chi connectivity index (χ2v) is 14.1. The van der Waals surface area contributed by atoms with Crippen LogP contribution < -0.4 is 4.90 Å². The molecule has 0 aliphatic rings. The Hall–Kier alpha value is -3.66. The molecule has 44 heavy (non-hydrogen) atoms. The predicted octanol–water partition coefficient (Wildman–Crippen LogP) is 13.8. The number of allylic oxidation sites excluding steroid dienone is 1. The lowest BCUT2D eigenvalue weighted by atomic mass is 9.76. The summed E-state index contributed by atoms with van der Waals surface area (Å²) >= 11 is 7.29. The van der Waals surface area contributed by atoms with Gasteiger partial charge in [0.05, 0.1) is 5.69 Å². The van der Waals surface area contributed by atoms with Crippen molar-refractivity contribution in [2.24, 2.45) is 0 Å². The van der Waals surface area contributed by atoms with Crippen LogP contribution >= 0.6 is 31.9 Å². The van der Waals surface area contributed by atoms with E-state index in [4.69, 9.17) is 0 Å². The molecule has 0 radical (unpaired) electrons. The molecule has 0 atom stereocenters. The molecule has 0 heterocycles. The highest BCUT2D eigenvalue weighted by atomic mass is 79.9. The topological polar surface area (TPSA) is 3.24 Å². The lowest BCUT2D eigenvalue weighted by Gasteiger charge is -2.30. The summed E-state index contributed by atoms with van der Waals surface area (Å²) in [6.07, 6.45) is 2.25. The maximum atomic E-state index is 4.35.